The van der Waals surface area contributed by atoms with E-state index in [1.165, 1.54) is 0 Å². The summed E-state index contributed by atoms with van der Waals surface area (Å²) in [5, 5.41) is 44.2. The Kier molecular flexibility index (Phi) is 9.97. The smallest absolute Gasteiger partial charge is 0.408 e. The van der Waals surface area contributed by atoms with Gasteiger partial charge in [0.25, 0.3) is 0 Å². The number of nitrogens with one attached hydrogen (secondary N) is 2. The SMILES string of the molecule is O=C(N[C@@H](COCc1ccccc1)C(=O)N[C@@H]1O[C@H](CO)[C@@H](O)[C@H](O)[C@H]1O)OCc1ccccc1. The predicted octanol–water partition coefficient (Wildman–Crippen LogP) is -0.586. The summed E-state index contributed by atoms with van der Waals surface area (Å²) in [5.41, 5.74) is 1.61. The van der Waals surface area contributed by atoms with Crippen molar-refractivity contribution in [2.75, 3.05) is 13.2 Å². The molecule has 11 heteroatoms. The number of carbonyl (C=O) groups is 2. The van der Waals surface area contributed by atoms with Gasteiger partial charge in [0.05, 0.1) is 19.8 Å². The van der Waals surface area contributed by atoms with Crippen molar-refractivity contribution in [3.63, 3.8) is 0 Å². The third kappa shape index (κ3) is 7.72. The number of aliphatic hydroxyl groups is 4. The normalized spacial score (nSPS) is 24.9. The van der Waals surface area contributed by atoms with Gasteiger partial charge in [-0.2, -0.15) is 0 Å². The molecule has 2 aromatic rings. The first-order chi connectivity index (χ1) is 16.9. The van der Waals surface area contributed by atoms with Crippen LogP contribution in [0.5, 0.6) is 0 Å². The fourth-order valence-electron chi connectivity index (χ4n) is 3.42. The third-order valence-corrected chi connectivity index (χ3v) is 5.39. The molecule has 190 valence electrons. The Labute approximate surface area is 202 Å². The Morgan fingerprint density at radius 2 is 1.49 bits per heavy atom. The van der Waals surface area contributed by atoms with Gasteiger partial charge in [-0.15, -0.1) is 0 Å². The third-order valence-electron chi connectivity index (χ3n) is 5.39. The Morgan fingerprint density at radius 1 is 0.886 bits per heavy atom. The Morgan fingerprint density at radius 3 is 2.09 bits per heavy atom. The second-order valence-electron chi connectivity index (χ2n) is 8.02. The highest BCUT2D eigenvalue weighted by molar-refractivity contribution is 5.86. The lowest BCUT2D eigenvalue weighted by atomic mass is 9.98. The molecular formula is C24H30N2O9. The van der Waals surface area contributed by atoms with E-state index in [-0.39, 0.29) is 19.8 Å². The van der Waals surface area contributed by atoms with Crippen molar-refractivity contribution in [1.82, 2.24) is 10.6 Å². The summed E-state index contributed by atoms with van der Waals surface area (Å²) in [6, 6.07) is 16.9. The minimum absolute atomic E-state index is 0.0153. The minimum atomic E-state index is -1.67. The lowest BCUT2D eigenvalue weighted by Gasteiger charge is -2.40. The van der Waals surface area contributed by atoms with Crippen molar-refractivity contribution in [3.8, 4) is 0 Å². The molecule has 0 aromatic heterocycles. The number of hydrogen-bond acceptors (Lipinski definition) is 9. The number of ether oxygens (including phenoxy) is 3. The van der Waals surface area contributed by atoms with Gasteiger partial charge in [0, 0.05) is 0 Å². The summed E-state index contributed by atoms with van der Waals surface area (Å²) in [5.74, 6) is -0.793. The lowest BCUT2D eigenvalue weighted by molar-refractivity contribution is -0.236. The standard InChI is InChI=1S/C24H30N2O9/c27-11-18-19(28)20(29)21(30)23(35-18)26-22(31)17(14-33-12-15-7-3-1-4-8-15)25-24(32)34-13-16-9-5-2-6-10-16/h1-10,17-21,23,27-30H,11-14H2,(H,25,32)(H,26,31)/t17-,18+,19+,20-,21+,23+/m0/s1. The van der Waals surface area contributed by atoms with Gasteiger partial charge in [0.15, 0.2) is 6.23 Å². The Hall–Kier alpha value is -3.06. The number of aliphatic hydroxyl groups excluding tert-OH is 4. The van der Waals surface area contributed by atoms with Gasteiger partial charge in [-0.1, -0.05) is 60.7 Å². The molecule has 0 unspecified atom stereocenters. The van der Waals surface area contributed by atoms with E-state index in [0.29, 0.717) is 0 Å². The molecule has 0 saturated carbocycles. The molecule has 2 aromatic carbocycles. The van der Waals surface area contributed by atoms with Crippen LogP contribution in [0, 0.1) is 0 Å². The van der Waals surface area contributed by atoms with E-state index in [4.69, 9.17) is 14.2 Å². The van der Waals surface area contributed by atoms with Crippen LogP contribution in [-0.4, -0.2) is 82.3 Å². The van der Waals surface area contributed by atoms with Gasteiger partial charge in [-0.05, 0) is 11.1 Å². The summed E-state index contributed by atoms with van der Waals surface area (Å²) < 4.78 is 16.1. The van der Waals surface area contributed by atoms with Crippen molar-refractivity contribution in [2.24, 2.45) is 0 Å². The van der Waals surface area contributed by atoms with Gasteiger partial charge >= 0.3 is 6.09 Å². The zero-order chi connectivity index (χ0) is 25.2. The molecule has 0 radical (unpaired) electrons. The van der Waals surface area contributed by atoms with Crippen LogP contribution >= 0.6 is 0 Å². The molecular weight excluding hydrogens is 460 g/mol. The molecule has 0 spiro atoms. The van der Waals surface area contributed by atoms with Crippen LogP contribution in [0.25, 0.3) is 0 Å². The number of hydrogen-bond donors (Lipinski definition) is 6. The van der Waals surface area contributed by atoms with Gasteiger partial charge in [-0.25, -0.2) is 4.79 Å². The monoisotopic (exact) mass is 490 g/mol. The van der Waals surface area contributed by atoms with Crippen molar-refractivity contribution >= 4 is 12.0 Å². The molecule has 1 fully saturated rings. The summed E-state index contributed by atoms with van der Waals surface area (Å²) in [6.45, 7) is -0.729. The maximum Gasteiger partial charge on any atom is 0.408 e. The number of alkyl carbamates (subject to hydrolysis) is 1. The number of amides is 2. The Bertz CT molecular complexity index is 929. The minimum Gasteiger partial charge on any atom is -0.445 e. The molecule has 11 nitrogen and oxygen atoms in total. The van der Waals surface area contributed by atoms with Gasteiger partial charge < -0.3 is 45.3 Å². The van der Waals surface area contributed by atoms with Crippen LogP contribution in [0.1, 0.15) is 11.1 Å². The van der Waals surface area contributed by atoms with E-state index >= 15 is 0 Å². The maximum absolute atomic E-state index is 12.9. The van der Waals surface area contributed by atoms with Crippen molar-refractivity contribution < 1.29 is 44.2 Å². The second kappa shape index (κ2) is 13.1. The summed E-state index contributed by atoms with van der Waals surface area (Å²) in [4.78, 5) is 25.3. The van der Waals surface area contributed by atoms with Crippen LogP contribution in [0.3, 0.4) is 0 Å². The predicted molar refractivity (Wildman–Crippen MR) is 122 cm³/mol. The molecule has 0 bridgehead atoms. The average molecular weight is 491 g/mol. The van der Waals surface area contributed by atoms with E-state index in [1.54, 1.807) is 24.3 Å². The number of carbonyl (C=O) groups excluding carboxylic acids is 2. The van der Waals surface area contributed by atoms with Crippen molar-refractivity contribution in [2.45, 2.75) is 49.9 Å². The molecule has 0 aliphatic carbocycles. The van der Waals surface area contributed by atoms with E-state index < -0.39 is 55.3 Å². The Balaban J connectivity index is 1.62. The fraction of sp³-hybridized carbons (Fsp3) is 0.417. The van der Waals surface area contributed by atoms with Crippen LogP contribution in [0.4, 0.5) is 4.79 Å². The first-order valence-electron chi connectivity index (χ1n) is 11.1. The summed E-state index contributed by atoms with van der Waals surface area (Å²) >= 11 is 0. The van der Waals surface area contributed by atoms with Crippen molar-refractivity contribution in [1.29, 1.82) is 0 Å². The first kappa shape index (κ1) is 26.5. The van der Waals surface area contributed by atoms with E-state index in [2.05, 4.69) is 10.6 Å². The zero-order valence-electron chi connectivity index (χ0n) is 18.9. The quantitative estimate of drug-likeness (QED) is 0.255. The van der Waals surface area contributed by atoms with E-state index in [1.807, 2.05) is 36.4 Å². The first-order valence-corrected chi connectivity index (χ1v) is 11.1. The molecule has 35 heavy (non-hydrogen) atoms. The second-order valence-corrected chi connectivity index (χ2v) is 8.02. The number of rotatable bonds is 10. The number of benzene rings is 2. The molecule has 6 atom stereocenters. The van der Waals surface area contributed by atoms with Crippen LogP contribution in [-0.2, 0) is 32.2 Å². The summed E-state index contributed by atoms with van der Waals surface area (Å²) in [7, 11) is 0. The van der Waals surface area contributed by atoms with Gasteiger partial charge in [0.1, 0.15) is 37.1 Å². The highest BCUT2D eigenvalue weighted by atomic mass is 16.6. The van der Waals surface area contributed by atoms with Crippen LogP contribution in [0.15, 0.2) is 60.7 Å². The van der Waals surface area contributed by atoms with E-state index in [9.17, 15) is 30.0 Å². The maximum atomic E-state index is 12.9. The van der Waals surface area contributed by atoms with Gasteiger partial charge in [-0.3, -0.25) is 4.79 Å². The van der Waals surface area contributed by atoms with Crippen LogP contribution in [0.2, 0.25) is 0 Å². The fourth-order valence-corrected chi connectivity index (χ4v) is 3.42. The van der Waals surface area contributed by atoms with Crippen LogP contribution < -0.4 is 10.6 Å². The zero-order valence-corrected chi connectivity index (χ0v) is 18.9. The lowest BCUT2D eigenvalue weighted by Crippen LogP contribution is -2.65. The van der Waals surface area contributed by atoms with Crippen molar-refractivity contribution in [3.05, 3.63) is 71.8 Å². The average Bonchev–Trinajstić information content (AvgIpc) is 2.88. The molecule has 1 aliphatic rings. The molecule has 1 heterocycles. The molecule has 6 N–H and O–H groups in total. The topological polar surface area (TPSA) is 167 Å². The molecule has 2 amide bonds. The highest BCUT2D eigenvalue weighted by Gasteiger charge is 2.44. The molecule has 1 saturated heterocycles. The molecule has 3 rings (SSSR count). The van der Waals surface area contributed by atoms with Gasteiger partial charge in [0.2, 0.25) is 5.91 Å². The molecule has 1 aliphatic heterocycles. The highest BCUT2D eigenvalue weighted by Crippen LogP contribution is 2.19. The largest absolute Gasteiger partial charge is 0.445 e. The van der Waals surface area contributed by atoms with E-state index in [0.717, 1.165) is 11.1 Å². The summed E-state index contributed by atoms with van der Waals surface area (Å²) in [6.07, 6.45) is -8.42.